The number of halogens is 1. The average molecular weight is 494 g/mol. The summed E-state index contributed by atoms with van der Waals surface area (Å²) < 4.78 is 11.3. The Labute approximate surface area is 216 Å². The van der Waals surface area contributed by atoms with E-state index < -0.39 is 0 Å². The first-order valence-corrected chi connectivity index (χ1v) is 12.7. The third-order valence-corrected chi connectivity index (χ3v) is 7.62. The molecule has 0 fully saturated rings. The van der Waals surface area contributed by atoms with E-state index in [0.29, 0.717) is 0 Å². The minimum Gasteiger partial charge on any atom is -0.493 e. The summed E-state index contributed by atoms with van der Waals surface area (Å²) in [5, 5.41) is 5.90. The minimum atomic E-state index is 0.0463. The summed E-state index contributed by atoms with van der Waals surface area (Å²) >= 11 is 6.50. The maximum atomic E-state index is 6.50. The van der Waals surface area contributed by atoms with Crippen LogP contribution in [0.25, 0.3) is 21.5 Å². The summed E-state index contributed by atoms with van der Waals surface area (Å²) in [5.74, 6) is 1.52. The fraction of sp³-hybridized carbons (Fsp3) is 0.188. The van der Waals surface area contributed by atoms with E-state index in [1.807, 2.05) is 12.1 Å². The van der Waals surface area contributed by atoms with Gasteiger partial charge in [-0.15, -0.1) is 0 Å². The first-order chi connectivity index (χ1) is 17.7. The summed E-state index contributed by atoms with van der Waals surface area (Å²) in [4.78, 5) is 2.58. The fourth-order valence-corrected chi connectivity index (χ4v) is 5.92. The Morgan fingerprint density at radius 3 is 2.11 bits per heavy atom. The number of hydrogen-bond acceptors (Lipinski definition) is 3. The normalized spacial score (nSPS) is 15.7. The number of ether oxygens (including phenoxy) is 2. The van der Waals surface area contributed by atoms with Crippen LogP contribution < -0.4 is 9.47 Å². The van der Waals surface area contributed by atoms with Gasteiger partial charge in [0.1, 0.15) is 0 Å². The third-order valence-electron chi connectivity index (χ3n) is 7.38. The van der Waals surface area contributed by atoms with Gasteiger partial charge in [-0.2, -0.15) is 0 Å². The fourth-order valence-electron chi connectivity index (χ4n) is 5.72. The molecule has 0 N–H and O–H groups in total. The molecular formula is C32H28ClNO2. The largest absolute Gasteiger partial charge is 0.493 e. The smallest absolute Gasteiger partial charge is 0.161 e. The zero-order chi connectivity index (χ0) is 24.6. The van der Waals surface area contributed by atoms with Crippen molar-refractivity contribution in [3.63, 3.8) is 0 Å². The molecule has 1 heterocycles. The highest BCUT2D eigenvalue weighted by atomic mass is 35.5. The number of hydrogen-bond donors (Lipinski definition) is 0. The maximum absolute atomic E-state index is 6.50. The second kappa shape index (κ2) is 9.50. The van der Waals surface area contributed by atoms with Gasteiger partial charge in [-0.3, -0.25) is 4.90 Å². The Morgan fingerprint density at radius 2 is 1.44 bits per heavy atom. The van der Waals surface area contributed by atoms with Crippen molar-refractivity contribution in [2.75, 3.05) is 20.8 Å². The number of nitrogens with zero attached hydrogens (tertiary/aromatic N) is 1. The van der Waals surface area contributed by atoms with Crippen molar-refractivity contribution in [1.29, 1.82) is 0 Å². The molecule has 0 radical (unpaired) electrons. The molecule has 1 aliphatic heterocycles. The molecule has 0 amide bonds. The molecule has 1 aliphatic rings. The van der Waals surface area contributed by atoms with Gasteiger partial charge < -0.3 is 9.47 Å². The molecule has 0 aromatic heterocycles. The van der Waals surface area contributed by atoms with Crippen LogP contribution in [0.15, 0.2) is 91.0 Å². The highest BCUT2D eigenvalue weighted by Crippen LogP contribution is 2.43. The Morgan fingerprint density at radius 1 is 0.778 bits per heavy atom. The van der Waals surface area contributed by atoms with Crippen LogP contribution in [0.4, 0.5) is 0 Å². The van der Waals surface area contributed by atoms with Gasteiger partial charge in [-0.05, 0) is 80.6 Å². The molecule has 180 valence electrons. The predicted octanol–water partition coefficient (Wildman–Crippen LogP) is 7.81. The summed E-state index contributed by atoms with van der Waals surface area (Å²) in [5.41, 5.74) is 5.07. The van der Waals surface area contributed by atoms with Crippen molar-refractivity contribution in [3.8, 4) is 11.5 Å². The van der Waals surface area contributed by atoms with Gasteiger partial charge in [0.15, 0.2) is 11.5 Å². The minimum absolute atomic E-state index is 0.0463. The van der Waals surface area contributed by atoms with Crippen molar-refractivity contribution >= 4 is 33.1 Å². The van der Waals surface area contributed by atoms with Gasteiger partial charge in [0, 0.05) is 18.1 Å². The quantitative estimate of drug-likeness (QED) is 0.233. The van der Waals surface area contributed by atoms with Crippen LogP contribution >= 0.6 is 11.6 Å². The van der Waals surface area contributed by atoms with E-state index in [2.05, 4.69) is 83.8 Å². The van der Waals surface area contributed by atoms with Crippen LogP contribution in [0, 0.1) is 0 Å². The number of methoxy groups -OCH3 is 2. The lowest BCUT2D eigenvalue weighted by Crippen LogP contribution is -2.36. The molecule has 0 spiro atoms. The van der Waals surface area contributed by atoms with Crippen molar-refractivity contribution in [1.82, 2.24) is 4.90 Å². The molecule has 0 bridgehead atoms. The highest BCUT2D eigenvalue weighted by molar-refractivity contribution is 6.30. The molecular weight excluding hydrogens is 466 g/mol. The monoisotopic (exact) mass is 493 g/mol. The van der Waals surface area contributed by atoms with Crippen LogP contribution in [0.5, 0.6) is 11.5 Å². The maximum Gasteiger partial charge on any atom is 0.161 e. The third kappa shape index (κ3) is 3.99. The molecule has 4 heteroatoms. The second-order valence-electron chi connectivity index (χ2n) is 9.38. The van der Waals surface area contributed by atoms with Crippen molar-refractivity contribution in [3.05, 3.63) is 118 Å². The summed E-state index contributed by atoms with van der Waals surface area (Å²) in [7, 11) is 3.39. The lowest BCUT2D eigenvalue weighted by Gasteiger charge is -2.38. The van der Waals surface area contributed by atoms with Crippen molar-refractivity contribution < 1.29 is 9.47 Å². The molecule has 5 aromatic rings. The molecule has 6 rings (SSSR count). The van der Waals surface area contributed by atoms with Crippen LogP contribution in [-0.4, -0.2) is 25.7 Å². The molecule has 0 unspecified atom stereocenters. The van der Waals surface area contributed by atoms with E-state index in [4.69, 9.17) is 21.1 Å². The van der Waals surface area contributed by atoms with E-state index in [1.165, 1.54) is 43.8 Å². The van der Waals surface area contributed by atoms with E-state index >= 15 is 0 Å². The van der Waals surface area contributed by atoms with Crippen LogP contribution in [0.3, 0.4) is 0 Å². The van der Waals surface area contributed by atoms with Crippen LogP contribution in [-0.2, 0) is 13.0 Å². The lowest BCUT2D eigenvalue weighted by atomic mass is 9.86. The van der Waals surface area contributed by atoms with E-state index in [-0.39, 0.29) is 6.04 Å². The van der Waals surface area contributed by atoms with Gasteiger partial charge in [0.2, 0.25) is 0 Å². The van der Waals surface area contributed by atoms with E-state index in [1.54, 1.807) is 14.2 Å². The number of fused-ring (bicyclic) bond motifs is 3. The molecule has 1 atom stereocenters. The standard InChI is InChI=1S/C32H28ClNO2/c1-35-30-18-23-14-15-34(32(28(23)19-31(30)36-2)24-10-7-11-25(33)17-24)20-29-26-12-5-3-8-21(26)16-22-9-4-6-13-27(22)29/h3-13,16-19,32H,14-15,20H2,1-2H3/t32-/m1/s1. The zero-order valence-electron chi connectivity index (χ0n) is 20.5. The molecule has 5 aromatic carbocycles. The Kier molecular flexibility index (Phi) is 6.04. The summed E-state index contributed by atoms with van der Waals surface area (Å²) in [6, 6.07) is 32.3. The van der Waals surface area contributed by atoms with Gasteiger partial charge in [0.05, 0.1) is 20.3 Å². The Hall–Kier alpha value is -3.53. The Bertz CT molecular complexity index is 1520. The molecule has 0 saturated heterocycles. The highest BCUT2D eigenvalue weighted by Gasteiger charge is 2.31. The zero-order valence-corrected chi connectivity index (χ0v) is 21.3. The topological polar surface area (TPSA) is 21.7 Å². The molecule has 3 nitrogen and oxygen atoms in total. The van der Waals surface area contributed by atoms with Gasteiger partial charge in [-0.1, -0.05) is 72.3 Å². The summed E-state index contributed by atoms with van der Waals surface area (Å²) in [6.07, 6.45) is 0.940. The number of rotatable bonds is 5. The molecule has 36 heavy (non-hydrogen) atoms. The summed E-state index contributed by atoms with van der Waals surface area (Å²) in [6.45, 7) is 1.75. The van der Waals surface area contributed by atoms with E-state index in [9.17, 15) is 0 Å². The molecule has 0 aliphatic carbocycles. The van der Waals surface area contributed by atoms with Gasteiger partial charge >= 0.3 is 0 Å². The first kappa shape index (κ1) is 22.9. The number of benzene rings is 5. The SMILES string of the molecule is COc1cc2c(cc1OC)[C@@H](c1cccc(Cl)c1)N(Cc1c3ccccc3cc3ccccc13)CC2. The van der Waals surface area contributed by atoms with Gasteiger partial charge in [-0.25, -0.2) is 0 Å². The Balaban J connectivity index is 1.53. The van der Waals surface area contributed by atoms with Gasteiger partial charge in [0.25, 0.3) is 0 Å². The predicted molar refractivity (Wildman–Crippen MR) is 148 cm³/mol. The second-order valence-corrected chi connectivity index (χ2v) is 9.82. The van der Waals surface area contributed by atoms with Crippen molar-refractivity contribution in [2.24, 2.45) is 0 Å². The lowest BCUT2D eigenvalue weighted by molar-refractivity contribution is 0.205. The van der Waals surface area contributed by atoms with E-state index in [0.717, 1.165) is 36.0 Å². The van der Waals surface area contributed by atoms with Crippen molar-refractivity contribution in [2.45, 2.75) is 19.0 Å². The molecule has 0 saturated carbocycles. The first-order valence-electron chi connectivity index (χ1n) is 12.3. The van der Waals surface area contributed by atoms with Crippen LogP contribution in [0.2, 0.25) is 5.02 Å². The average Bonchev–Trinajstić information content (AvgIpc) is 2.91. The van der Waals surface area contributed by atoms with Crippen LogP contribution in [0.1, 0.15) is 28.3 Å².